The molecular formula is C14H10ClFN2O2S2. The van der Waals surface area contributed by atoms with Crippen LogP contribution in [0.5, 0.6) is 0 Å². The fraction of sp³-hybridized carbons (Fsp3) is 0.0714. The molecule has 0 amide bonds. The van der Waals surface area contributed by atoms with Gasteiger partial charge in [0.1, 0.15) is 5.82 Å². The number of sulfonamides is 1. The Kier molecular flexibility index (Phi) is 3.80. The highest BCUT2D eigenvalue weighted by atomic mass is 35.5. The lowest BCUT2D eigenvalue weighted by atomic mass is 10.2. The number of aromatic nitrogens is 1. The molecule has 1 aromatic heterocycles. The Morgan fingerprint density at radius 2 is 1.86 bits per heavy atom. The van der Waals surface area contributed by atoms with E-state index in [9.17, 15) is 12.8 Å². The number of benzene rings is 2. The highest BCUT2D eigenvalue weighted by Gasteiger charge is 2.17. The minimum absolute atomic E-state index is 0.0251. The van der Waals surface area contributed by atoms with Crippen molar-refractivity contribution >= 4 is 48.3 Å². The fourth-order valence-electron chi connectivity index (χ4n) is 1.93. The third-order valence-electron chi connectivity index (χ3n) is 3.09. The predicted octanol–water partition coefficient (Wildman–Crippen LogP) is 4.20. The summed E-state index contributed by atoms with van der Waals surface area (Å²) in [4.78, 5) is 4.25. The summed E-state index contributed by atoms with van der Waals surface area (Å²) in [7, 11) is -3.80. The number of halogens is 2. The summed E-state index contributed by atoms with van der Waals surface area (Å²) in [6, 6.07) is 8.13. The lowest BCUT2D eigenvalue weighted by Crippen LogP contribution is -2.12. The molecule has 0 saturated carbocycles. The molecule has 114 valence electrons. The second kappa shape index (κ2) is 5.49. The van der Waals surface area contributed by atoms with Crippen LogP contribution in [0.15, 0.2) is 41.3 Å². The summed E-state index contributed by atoms with van der Waals surface area (Å²) in [5.74, 6) is -0.496. The molecule has 0 radical (unpaired) electrons. The van der Waals surface area contributed by atoms with Gasteiger partial charge in [-0.25, -0.2) is 17.8 Å². The predicted molar refractivity (Wildman–Crippen MR) is 86.6 cm³/mol. The van der Waals surface area contributed by atoms with E-state index >= 15 is 0 Å². The lowest BCUT2D eigenvalue weighted by Gasteiger charge is -2.04. The van der Waals surface area contributed by atoms with E-state index in [4.69, 9.17) is 11.6 Å². The van der Waals surface area contributed by atoms with Gasteiger partial charge in [0.05, 0.1) is 15.1 Å². The molecule has 0 aliphatic heterocycles. The third-order valence-corrected chi connectivity index (χ3v) is 5.92. The van der Waals surface area contributed by atoms with Gasteiger partial charge in [0, 0.05) is 5.02 Å². The number of anilines is 1. The van der Waals surface area contributed by atoms with Crippen molar-refractivity contribution in [2.24, 2.45) is 0 Å². The number of fused-ring (bicyclic) bond motifs is 1. The maximum absolute atomic E-state index is 12.9. The zero-order valence-corrected chi connectivity index (χ0v) is 13.7. The molecule has 3 rings (SSSR count). The van der Waals surface area contributed by atoms with Crippen molar-refractivity contribution in [1.82, 2.24) is 4.98 Å². The second-order valence-corrected chi connectivity index (χ2v) is 7.72. The molecule has 4 nitrogen and oxygen atoms in total. The molecule has 0 aliphatic carbocycles. The maximum atomic E-state index is 12.9. The van der Waals surface area contributed by atoms with E-state index in [2.05, 4.69) is 9.71 Å². The molecule has 22 heavy (non-hydrogen) atoms. The largest absolute Gasteiger partial charge is 0.263 e. The zero-order valence-electron chi connectivity index (χ0n) is 11.3. The highest BCUT2D eigenvalue weighted by molar-refractivity contribution is 7.93. The van der Waals surface area contributed by atoms with Crippen molar-refractivity contribution < 1.29 is 12.8 Å². The number of rotatable bonds is 3. The van der Waals surface area contributed by atoms with E-state index < -0.39 is 15.8 Å². The maximum Gasteiger partial charge on any atom is 0.263 e. The van der Waals surface area contributed by atoms with Crippen molar-refractivity contribution in [3.8, 4) is 0 Å². The van der Waals surface area contributed by atoms with E-state index in [1.807, 2.05) is 6.92 Å². The van der Waals surface area contributed by atoms with Gasteiger partial charge < -0.3 is 0 Å². The molecule has 0 fully saturated rings. The van der Waals surface area contributed by atoms with E-state index in [1.54, 1.807) is 12.1 Å². The Labute approximate surface area is 135 Å². The molecule has 1 N–H and O–H groups in total. The molecule has 0 aliphatic rings. The number of aryl methyl sites for hydroxylation is 1. The van der Waals surface area contributed by atoms with Crippen molar-refractivity contribution in [3.63, 3.8) is 0 Å². The Balaban J connectivity index is 1.99. The van der Waals surface area contributed by atoms with E-state index in [1.165, 1.54) is 23.5 Å². The number of nitrogens with one attached hydrogen (secondary N) is 1. The first-order valence-corrected chi connectivity index (χ1v) is 8.88. The number of hydrogen-bond acceptors (Lipinski definition) is 4. The van der Waals surface area contributed by atoms with Gasteiger partial charge in [-0.05, 0) is 48.9 Å². The van der Waals surface area contributed by atoms with Gasteiger partial charge in [0.2, 0.25) is 0 Å². The van der Waals surface area contributed by atoms with Crippen molar-refractivity contribution in [3.05, 3.63) is 52.8 Å². The minimum Gasteiger partial charge on any atom is -0.255 e. The summed E-state index contributed by atoms with van der Waals surface area (Å²) < 4.78 is 40.6. The average molecular weight is 357 g/mol. The molecule has 8 heteroatoms. The van der Waals surface area contributed by atoms with Gasteiger partial charge in [-0.15, -0.1) is 0 Å². The van der Waals surface area contributed by atoms with E-state index in [0.717, 1.165) is 22.4 Å². The van der Waals surface area contributed by atoms with Crippen LogP contribution in [0.25, 0.3) is 10.2 Å². The summed E-state index contributed by atoms with van der Waals surface area (Å²) in [5, 5.41) is 0.815. The number of thiazole rings is 1. The Bertz CT molecular complexity index is 953. The molecule has 0 atom stereocenters. The summed E-state index contributed by atoms with van der Waals surface area (Å²) >= 11 is 7.24. The van der Waals surface area contributed by atoms with E-state index in [0.29, 0.717) is 10.5 Å². The summed E-state index contributed by atoms with van der Waals surface area (Å²) in [5.41, 5.74) is 1.46. The van der Waals surface area contributed by atoms with Crippen LogP contribution in [0.4, 0.5) is 9.52 Å². The molecule has 1 heterocycles. The van der Waals surface area contributed by atoms with Crippen LogP contribution in [-0.2, 0) is 10.0 Å². The quantitative estimate of drug-likeness (QED) is 0.765. The van der Waals surface area contributed by atoms with Gasteiger partial charge in [-0.2, -0.15) is 0 Å². The highest BCUT2D eigenvalue weighted by Crippen LogP contribution is 2.32. The lowest BCUT2D eigenvalue weighted by molar-refractivity contribution is 0.599. The Morgan fingerprint density at radius 3 is 2.55 bits per heavy atom. The molecule has 0 bridgehead atoms. The average Bonchev–Trinajstić information content (AvgIpc) is 2.86. The molecule has 3 aromatic rings. The molecule has 0 unspecified atom stereocenters. The monoisotopic (exact) mass is 356 g/mol. The van der Waals surface area contributed by atoms with Gasteiger partial charge in [0.15, 0.2) is 5.13 Å². The van der Waals surface area contributed by atoms with Crippen LogP contribution in [0, 0.1) is 12.7 Å². The van der Waals surface area contributed by atoms with Gasteiger partial charge in [-0.1, -0.05) is 22.9 Å². The van der Waals surface area contributed by atoms with Crippen molar-refractivity contribution in [2.45, 2.75) is 11.8 Å². The van der Waals surface area contributed by atoms with Crippen LogP contribution < -0.4 is 4.72 Å². The molecule has 2 aromatic carbocycles. The van der Waals surface area contributed by atoms with Gasteiger partial charge >= 0.3 is 0 Å². The first kappa shape index (κ1) is 15.2. The number of hydrogen-bond donors (Lipinski definition) is 1. The fourth-order valence-corrected chi connectivity index (χ4v) is 4.24. The SMILES string of the molecule is Cc1c(Cl)ccc2sc(NS(=O)(=O)c3ccc(F)cc3)nc12. The summed E-state index contributed by atoms with van der Waals surface area (Å²) in [6.45, 7) is 1.82. The van der Waals surface area contributed by atoms with Crippen LogP contribution in [-0.4, -0.2) is 13.4 Å². The van der Waals surface area contributed by atoms with Gasteiger partial charge in [0.25, 0.3) is 10.0 Å². The van der Waals surface area contributed by atoms with Crippen LogP contribution in [0.2, 0.25) is 5.02 Å². The number of nitrogens with zero attached hydrogens (tertiary/aromatic N) is 1. The Morgan fingerprint density at radius 1 is 1.18 bits per heavy atom. The topological polar surface area (TPSA) is 59.1 Å². The molecule has 0 saturated heterocycles. The van der Waals surface area contributed by atoms with Crippen molar-refractivity contribution in [2.75, 3.05) is 4.72 Å². The zero-order chi connectivity index (χ0) is 15.9. The smallest absolute Gasteiger partial charge is 0.255 e. The second-order valence-electron chi connectivity index (χ2n) is 4.60. The standard InChI is InChI=1S/C14H10ClFN2O2S2/c1-8-11(15)6-7-12-13(8)17-14(21-12)18-22(19,20)10-4-2-9(16)3-5-10/h2-7H,1H3,(H,17,18). The first-order chi connectivity index (χ1) is 10.4. The minimum atomic E-state index is -3.80. The molecule has 0 spiro atoms. The van der Waals surface area contributed by atoms with Gasteiger partial charge in [-0.3, -0.25) is 4.72 Å². The van der Waals surface area contributed by atoms with Crippen LogP contribution >= 0.6 is 22.9 Å². The Hall–Kier alpha value is -1.70. The normalized spacial score (nSPS) is 11.8. The van der Waals surface area contributed by atoms with Crippen LogP contribution in [0.3, 0.4) is 0 Å². The van der Waals surface area contributed by atoms with Crippen molar-refractivity contribution in [1.29, 1.82) is 0 Å². The van der Waals surface area contributed by atoms with Crippen LogP contribution in [0.1, 0.15) is 5.56 Å². The summed E-state index contributed by atoms with van der Waals surface area (Å²) in [6.07, 6.45) is 0. The third kappa shape index (κ3) is 2.79. The first-order valence-electron chi connectivity index (χ1n) is 6.21. The van der Waals surface area contributed by atoms with E-state index in [-0.39, 0.29) is 10.0 Å². The molecular weight excluding hydrogens is 347 g/mol.